The third-order valence-electron chi connectivity index (χ3n) is 6.24. The lowest BCUT2D eigenvalue weighted by atomic mass is 9.77. The minimum atomic E-state index is -0.739. The molecule has 30 heavy (non-hydrogen) atoms. The van der Waals surface area contributed by atoms with Crippen molar-refractivity contribution in [1.82, 2.24) is 10.3 Å². The zero-order chi connectivity index (χ0) is 21.0. The Morgan fingerprint density at radius 3 is 3.07 bits per heavy atom. The van der Waals surface area contributed by atoms with Crippen LogP contribution in [-0.2, 0) is 14.3 Å². The zero-order valence-electron chi connectivity index (χ0n) is 17.3. The van der Waals surface area contributed by atoms with Crippen molar-refractivity contribution in [3.8, 4) is 5.75 Å². The van der Waals surface area contributed by atoms with Gasteiger partial charge in [0.2, 0.25) is 11.8 Å². The predicted molar refractivity (Wildman–Crippen MR) is 115 cm³/mol. The molecule has 2 aromatic rings. The maximum absolute atomic E-state index is 13.4. The Hall–Kier alpha value is -2.45. The fourth-order valence-electron chi connectivity index (χ4n) is 4.70. The fourth-order valence-corrected chi connectivity index (χ4v) is 5.65. The van der Waals surface area contributed by atoms with Gasteiger partial charge in [-0.3, -0.25) is 14.5 Å². The molecule has 4 atom stereocenters. The molecule has 1 spiro atoms. The summed E-state index contributed by atoms with van der Waals surface area (Å²) in [5, 5.41) is 3.64. The summed E-state index contributed by atoms with van der Waals surface area (Å²) in [6, 6.07) is 5.69. The molecule has 1 aromatic carbocycles. The van der Waals surface area contributed by atoms with Crippen LogP contribution in [0.15, 0.2) is 30.4 Å². The summed E-state index contributed by atoms with van der Waals surface area (Å²) in [5.74, 6) is 0.0555. The third kappa shape index (κ3) is 2.93. The van der Waals surface area contributed by atoms with E-state index in [2.05, 4.69) is 24.1 Å². The molecule has 5 rings (SSSR count). The number of carbonyl (C=O) groups excluding carboxylic acids is 2. The van der Waals surface area contributed by atoms with Crippen LogP contribution in [0.25, 0.3) is 10.2 Å². The van der Waals surface area contributed by atoms with Gasteiger partial charge in [0.1, 0.15) is 11.4 Å². The van der Waals surface area contributed by atoms with Crippen LogP contribution in [0.1, 0.15) is 20.3 Å². The van der Waals surface area contributed by atoms with E-state index in [-0.39, 0.29) is 17.9 Å². The second-order valence-corrected chi connectivity index (χ2v) is 9.64. The second-order valence-electron chi connectivity index (χ2n) is 8.63. The molecule has 2 fully saturated rings. The summed E-state index contributed by atoms with van der Waals surface area (Å²) in [7, 11) is 1.62. The number of anilines is 1. The van der Waals surface area contributed by atoms with Gasteiger partial charge in [-0.05, 0) is 24.5 Å². The number of hydrogen-bond acceptors (Lipinski definition) is 6. The van der Waals surface area contributed by atoms with Crippen LogP contribution in [0.5, 0.6) is 5.75 Å². The summed E-state index contributed by atoms with van der Waals surface area (Å²) in [5.41, 5.74) is 0.0533. The molecule has 2 saturated heterocycles. The average molecular weight is 428 g/mol. The van der Waals surface area contributed by atoms with Crippen molar-refractivity contribution in [3.05, 3.63) is 30.4 Å². The van der Waals surface area contributed by atoms with Gasteiger partial charge in [0.25, 0.3) is 0 Å². The van der Waals surface area contributed by atoms with E-state index in [4.69, 9.17) is 9.47 Å². The van der Waals surface area contributed by atoms with Gasteiger partial charge in [-0.25, -0.2) is 4.98 Å². The van der Waals surface area contributed by atoms with Crippen LogP contribution < -0.4 is 15.0 Å². The molecule has 0 radical (unpaired) electrons. The summed E-state index contributed by atoms with van der Waals surface area (Å²) in [4.78, 5) is 32.7. The number of fused-ring (bicyclic) bond motifs is 2. The molecule has 1 aromatic heterocycles. The highest BCUT2D eigenvalue weighted by Crippen LogP contribution is 2.53. The van der Waals surface area contributed by atoms with Gasteiger partial charge in [0.05, 0.1) is 41.8 Å². The number of carbonyl (C=O) groups is 2. The standard InChI is InChI=1S/C22H25N3O4S/c1-12(2)7-9-23-19(26)17-15-6-8-22(29-15)11-25(20(27)18(17)22)21-24-14-10-13(28-3)4-5-16(14)30-21/h4-6,8,10,12,15,17-18H,7,9,11H2,1-3H3,(H,23,26)/t15-,17+,18-,22-/m1/s1. The fraction of sp³-hybridized carbons (Fsp3) is 0.500. The normalized spacial score (nSPS) is 29.3. The number of aromatic nitrogens is 1. The molecule has 0 aliphatic carbocycles. The van der Waals surface area contributed by atoms with Crippen molar-refractivity contribution >= 4 is 38.5 Å². The van der Waals surface area contributed by atoms with E-state index >= 15 is 0 Å². The topological polar surface area (TPSA) is 80.8 Å². The smallest absolute Gasteiger partial charge is 0.236 e. The third-order valence-corrected chi connectivity index (χ3v) is 7.30. The van der Waals surface area contributed by atoms with Crippen LogP contribution in [0, 0.1) is 17.8 Å². The Balaban J connectivity index is 1.41. The summed E-state index contributed by atoms with van der Waals surface area (Å²) < 4.78 is 12.5. The molecule has 1 N–H and O–H groups in total. The van der Waals surface area contributed by atoms with Crippen molar-refractivity contribution in [1.29, 1.82) is 0 Å². The van der Waals surface area contributed by atoms with E-state index < -0.39 is 17.4 Å². The first-order chi connectivity index (χ1) is 14.4. The highest BCUT2D eigenvalue weighted by molar-refractivity contribution is 7.22. The van der Waals surface area contributed by atoms with E-state index in [1.54, 1.807) is 12.0 Å². The monoisotopic (exact) mass is 427 g/mol. The molecule has 2 bridgehead atoms. The lowest BCUT2D eigenvalue weighted by molar-refractivity contribution is -0.131. The maximum Gasteiger partial charge on any atom is 0.236 e. The molecule has 0 unspecified atom stereocenters. The van der Waals surface area contributed by atoms with Gasteiger partial charge in [-0.2, -0.15) is 0 Å². The number of benzene rings is 1. The van der Waals surface area contributed by atoms with Crippen LogP contribution in [0.2, 0.25) is 0 Å². The van der Waals surface area contributed by atoms with E-state index in [1.165, 1.54) is 11.3 Å². The number of amides is 2. The number of rotatable bonds is 6. The minimum Gasteiger partial charge on any atom is -0.497 e. The Kier molecular flexibility index (Phi) is 4.59. The van der Waals surface area contributed by atoms with E-state index in [0.29, 0.717) is 24.1 Å². The predicted octanol–water partition coefficient (Wildman–Crippen LogP) is 2.75. The lowest BCUT2D eigenvalue weighted by Crippen LogP contribution is -2.44. The van der Waals surface area contributed by atoms with Gasteiger partial charge in [0.15, 0.2) is 5.13 Å². The number of thiazole rings is 1. The summed E-state index contributed by atoms with van der Waals surface area (Å²) >= 11 is 1.46. The van der Waals surface area contributed by atoms with Gasteiger partial charge in [0, 0.05) is 12.6 Å². The van der Waals surface area contributed by atoms with Crippen molar-refractivity contribution < 1.29 is 19.1 Å². The largest absolute Gasteiger partial charge is 0.497 e. The molecular weight excluding hydrogens is 402 g/mol. The number of nitrogens with one attached hydrogen (secondary N) is 1. The summed E-state index contributed by atoms with van der Waals surface area (Å²) in [6.07, 6.45) is 4.47. The van der Waals surface area contributed by atoms with Crippen LogP contribution in [0.3, 0.4) is 0 Å². The average Bonchev–Trinajstić information content (AvgIpc) is 3.45. The molecule has 4 heterocycles. The quantitative estimate of drug-likeness (QED) is 0.717. The second kappa shape index (κ2) is 7.06. The van der Waals surface area contributed by atoms with Gasteiger partial charge in [-0.15, -0.1) is 0 Å². The van der Waals surface area contributed by atoms with Crippen molar-refractivity contribution in [2.75, 3.05) is 25.1 Å². The van der Waals surface area contributed by atoms with Crippen LogP contribution in [0.4, 0.5) is 5.13 Å². The molecule has 2 amide bonds. The Morgan fingerprint density at radius 2 is 2.30 bits per heavy atom. The van der Waals surface area contributed by atoms with E-state index in [1.807, 2.05) is 30.4 Å². The van der Waals surface area contributed by atoms with Gasteiger partial charge < -0.3 is 14.8 Å². The van der Waals surface area contributed by atoms with Crippen LogP contribution >= 0.6 is 11.3 Å². The molecule has 158 valence electrons. The number of nitrogens with zero attached hydrogens (tertiary/aromatic N) is 2. The van der Waals surface area contributed by atoms with Gasteiger partial charge >= 0.3 is 0 Å². The molecular formula is C22H25N3O4S. The zero-order valence-corrected chi connectivity index (χ0v) is 18.1. The number of ether oxygens (including phenoxy) is 2. The van der Waals surface area contributed by atoms with Crippen molar-refractivity contribution in [2.45, 2.75) is 32.0 Å². The first-order valence-corrected chi connectivity index (χ1v) is 11.1. The highest BCUT2D eigenvalue weighted by Gasteiger charge is 2.67. The minimum absolute atomic E-state index is 0.0862. The Labute approximate surface area is 179 Å². The summed E-state index contributed by atoms with van der Waals surface area (Å²) in [6.45, 7) is 5.24. The molecule has 0 saturated carbocycles. The molecule has 7 nitrogen and oxygen atoms in total. The number of methoxy groups -OCH3 is 1. The highest BCUT2D eigenvalue weighted by atomic mass is 32.1. The van der Waals surface area contributed by atoms with Gasteiger partial charge in [-0.1, -0.05) is 37.3 Å². The van der Waals surface area contributed by atoms with Crippen LogP contribution in [-0.4, -0.2) is 48.7 Å². The van der Waals surface area contributed by atoms with Crippen molar-refractivity contribution in [2.24, 2.45) is 17.8 Å². The SMILES string of the molecule is COc1ccc2sc(N3C[C@@]45C=C[C@@H](O4)[C@H](C(=O)NCCC(C)C)[C@@H]5C3=O)nc2c1. The number of hydrogen-bond donors (Lipinski definition) is 1. The Morgan fingerprint density at radius 1 is 1.47 bits per heavy atom. The van der Waals surface area contributed by atoms with E-state index in [9.17, 15) is 9.59 Å². The Bertz CT molecular complexity index is 1050. The molecule has 8 heteroatoms. The van der Waals surface area contributed by atoms with E-state index in [0.717, 1.165) is 22.4 Å². The molecule has 3 aliphatic rings. The molecule has 3 aliphatic heterocycles. The maximum atomic E-state index is 13.4. The lowest BCUT2D eigenvalue weighted by Gasteiger charge is -2.23. The van der Waals surface area contributed by atoms with Crippen molar-refractivity contribution in [3.63, 3.8) is 0 Å². The first kappa shape index (κ1) is 19.5. The first-order valence-electron chi connectivity index (χ1n) is 10.3.